The van der Waals surface area contributed by atoms with Crippen molar-refractivity contribution >= 4 is 16.0 Å². The smallest absolute Gasteiger partial charge is 0.280 e. The van der Waals surface area contributed by atoms with E-state index in [1.807, 2.05) is 0 Å². The quantitative estimate of drug-likeness (QED) is 0.265. The van der Waals surface area contributed by atoms with Crippen LogP contribution in [0.4, 0.5) is 0 Å². The Bertz CT molecular complexity index is 428. The number of rotatable bonds is 2. The van der Waals surface area contributed by atoms with E-state index < -0.39 is 16.0 Å². The number of nitrogens with two attached hydrogens (primary N) is 2. The van der Waals surface area contributed by atoms with E-state index in [1.54, 1.807) is 18.2 Å². The fraction of sp³-hybridized carbons (Fsp3) is 0. The average molecular weight is 214 g/mol. The third-order valence-electron chi connectivity index (χ3n) is 1.54. The molecule has 76 valence electrons. The summed E-state index contributed by atoms with van der Waals surface area (Å²) < 4.78 is 23.3. The van der Waals surface area contributed by atoms with Crippen LogP contribution in [-0.2, 0) is 10.0 Å². The van der Waals surface area contributed by atoms with Crippen molar-refractivity contribution in [3.05, 3.63) is 30.3 Å². The third kappa shape index (κ3) is 1.83. The maximum atomic E-state index is 11.6. The molecule has 0 fully saturated rings. The van der Waals surface area contributed by atoms with Crippen LogP contribution >= 0.6 is 0 Å². The van der Waals surface area contributed by atoms with Crippen molar-refractivity contribution in [2.75, 3.05) is 0 Å². The highest BCUT2D eigenvalue weighted by Gasteiger charge is 2.21. The van der Waals surface area contributed by atoms with Crippen LogP contribution < -0.4 is 11.6 Å². The Hall–Kier alpha value is -1.60. The fourth-order valence-electron chi connectivity index (χ4n) is 0.836. The number of hydrogen-bond donors (Lipinski definition) is 3. The summed E-state index contributed by atoms with van der Waals surface area (Å²) in [5.74, 6) is 4.39. The Morgan fingerprint density at radius 2 is 1.79 bits per heavy atom. The number of sulfonamides is 1. The molecule has 6 nitrogen and oxygen atoms in total. The summed E-state index contributed by atoms with van der Waals surface area (Å²) in [5, 5.41) is 6.90. The molecule has 0 spiro atoms. The van der Waals surface area contributed by atoms with Gasteiger partial charge in [-0.25, -0.2) is 5.84 Å². The van der Waals surface area contributed by atoms with Crippen molar-refractivity contribution in [3.63, 3.8) is 0 Å². The van der Waals surface area contributed by atoms with Gasteiger partial charge >= 0.3 is 0 Å². The highest BCUT2D eigenvalue weighted by molar-refractivity contribution is 7.89. The first-order valence-electron chi connectivity index (χ1n) is 3.65. The average Bonchev–Trinajstić information content (AvgIpc) is 2.18. The van der Waals surface area contributed by atoms with E-state index in [0.717, 1.165) is 0 Å². The van der Waals surface area contributed by atoms with Gasteiger partial charge in [-0.3, -0.25) is 5.41 Å². The topological polar surface area (TPSA) is 113 Å². The third-order valence-corrected chi connectivity index (χ3v) is 3.12. The van der Waals surface area contributed by atoms with Crippen LogP contribution in [0.5, 0.6) is 0 Å². The Morgan fingerprint density at radius 1 is 1.29 bits per heavy atom. The van der Waals surface area contributed by atoms with Crippen molar-refractivity contribution in [2.24, 2.45) is 11.6 Å². The van der Waals surface area contributed by atoms with Gasteiger partial charge in [0.15, 0.2) is 0 Å². The maximum Gasteiger partial charge on any atom is 0.280 e. The van der Waals surface area contributed by atoms with Crippen LogP contribution in [0, 0.1) is 5.41 Å². The molecule has 1 aromatic carbocycles. The highest BCUT2D eigenvalue weighted by Crippen LogP contribution is 2.10. The number of hydrazine groups is 1. The Labute approximate surface area is 81.7 Å². The van der Waals surface area contributed by atoms with Crippen LogP contribution in [0.2, 0.25) is 0 Å². The zero-order chi connectivity index (χ0) is 10.8. The SMILES string of the molecule is N=C(N)N(N)S(=O)(=O)c1ccccc1. The lowest BCUT2D eigenvalue weighted by Gasteiger charge is -2.15. The number of nitrogens with zero attached hydrogens (tertiary/aromatic N) is 1. The normalized spacial score (nSPS) is 10.9. The molecule has 0 saturated carbocycles. The van der Waals surface area contributed by atoms with Crippen LogP contribution in [0.15, 0.2) is 35.2 Å². The lowest BCUT2D eigenvalue weighted by molar-refractivity contribution is 0.529. The molecule has 1 aromatic rings. The molecule has 0 heterocycles. The van der Waals surface area contributed by atoms with Crippen LogP contribution in [0.1, 0.15) is 0 Å². The zero-order valence-corrected chi connectivity index (χ0v) is 8.03. The Balaban J connectivity index is 3.16. The van der Waals surface area contributed by atoms with Gasteiger partial charge in [0.2, 0.25) is 5.96 Å². The van der Waals surface area contributed by atoms with Gasteiger partial charge in [-0.05, 0) is 12.1 Å². The van der Waals surface area contributed by atoms with Gasteiger partial charge in [-0.15, -0.1) is 0 Å². The molecule has 5 N–H and O–H groups in total. The molecule has 0 radical (unpaired) electrons. The predicted molar refractivity (Wildman–Crippen MR) is 51.6 cm³/mol. The first-order valence-corrected chi connectivity index (χ1v) is 5.09. The summed E-state index contributed by atoms with van der Waals surface area (Å²) >= 11 is 0. The minimum atomic E-state index is -3.88. The van der Waals surface area contributed by atoms with E-state index in [2.05, 4.69) is 0 Å². The Morgan fingerprint density at radius 3 is 2.21 bits per heavy atom. The van der Waals surface area contributed by atoms with Gasteiger partial charge in [-0.2, -0.15) is 12.8 Å². The molecular weight excluding hydrogens is 204 g/mol. The van der Waals surface area contributed by atoms with E-state index in [-0.39, 0.29) is 9.31 Å². The standard InChI is InChI=1S/C7H10N4O2S/c8-7(9)11(10)14(12,13)6-4-2-1-3-5-6/h1-5H,10H2,(H3,8,9). The molecule has 0 aliphatic heterocycles. The summed E-state index contributed by atoms with van der Waals surface area (Å²) in [6, 6.07) is 7.53. The van der Waals surface area contributed by atoms with Gasteiger partial charge in [-0.1, -0.05) is 18.2 Å². The van der Waals surface area contributed by atoms with Crippen LogP contribution in [-0.4, -0.2) is 18.8 Å². The molecule has 0 saturated heterocycles. The molecule has 0 amide bonds. The van der Waals surface area contributed by atoms with Crippen molar-refractivity contribution in [3.8, 4) is 0 Å². The van der Waals surface area contributed by atoms with E-state index in [0.29, 0.717) is 0 Å². The second-order valence-corrected chi connectivity index (χ2v) is 4.31. The first kappa shape index (κ1) is 10.5. The molecule has 0 atom stereocenters. The first-order chi connectivity index (χ1) is 6.46. The van der Waals surface area contributed by atoms with E-state index in [4.69, 9.17) is 17.0 Å². The molecule has 0 bridgehead atoms. The fourth-order valence-corrected chi connectivity index (χ4v) is 1.82. The lowest BCUT2D eigenvalue weighted by Crippen LogP contribution is -2.46. The van der Waals surface area contributed by atoms with E-state index in [9.17, 15) is 8.42 Å². The predicted octanol–water partition coefficient (Wildman–Crippen LogP) is -0.556. The maximum absolute atomic E-state index is 11.6. The second-order valence-electron chi connectivity index (χ2n) is 2.50. The summed E-state index contributed by atoms with van der Waals surface area (Å²) in [6.07, 6.45) is 0. The molecule has 1 rings (SSSR count). The molecule has 0 aliphatic carbocycles. The van der Waals surface area contributed by atoms with E-state index in [1.165, 1.54) is 12.1 Å². The molecule has 0 unspecified atom stereocenters. The van der Waals surface area contributed by atoms with Gasteiger partial charge in [0.25, 0.3) is 10.0 Å². The molecule has 7 heteroatoms. The monoisotopic (exact) mass is 214 g/mol. The van der Waals surface area contributed by atoms with Crippen molar-refractivity contribution in [2.45, 2.75) is 4.90 Å². The van der Waals surface area contributed by atoms with Crippen LogP contribution in [0.3, 0.4) is 0 Å². The van der Waals surface area contributed by atoms with Gasteiger partial charge in [0.1, 0.15) is 0 Å². The van der Waals surface area contributed by atoms with Gasteiger partial charge < -0.3 is 5.73 Å². The largest absolute Gasteiger partial charge is 0.368 e. The van der Waals surface area contributed by atoms with Crippen molar-refractivity contribution in [1.29, 1.82) is 5.41 Å². The Kier molecular flexibility index (Phi) is 2.73. The molecule has 14 heavy (non-hydrogen) atoms. The van der Waals surface area contributed by atoms with Crippen LogP contribution in [0.25, 0.3) is 0 Å². The summed E-state index contributed by atoms with van der Waals surface area (Å²) in [6.45, 7) is 0. The number of guanidine groups is 1. The second kappa shape index (κ2) is 3.64. The molecule has 0 aliphatic rings. The molecular formula is C7H10N4O2S. The van der Waals surface area contributed by atoms with Gasteiger partial charge in [0.05, 0.1) is 4.90 Å². The number of hydrogen-bond acceptors (Lipinski definition) is 4. The van der Waals surface area contributed by atoms with E-state index >= 15 is 0 Å². The summed E-state index contributed by atoms with van der Waals surface area (Å²) in [5.41, 5.74) is 4.96. The highest BCUT2D eigenvalue weighted by atomic mass is 32.2. The van der Waals surface area contributed by atoms with Crippen molar-refractivity contribution in [1.82, 2.24) is 4.41 Å². The molecule has 0 aromatic heterocycles. The lowest BCUT2D eigenvalue weighted by atomic mass is 10.4. The minimum absolute atomic E-state index is 0.00213. The van der Waals surface area contributed by atoms with Crippen molar-refractivity contribution < 1.29 is 8.42 Å². The summed E-state index contributed by atoms with van der Waals surface area (Å²) in [4.78, 5) is -0.00213. The zero-order valence-electron chi connectivity index (χ0n) is 7.21. The van der Waals surface area contributed by atoms with Gasteiger partial charge in [0, 0.05) is 0 Å². The summed E-state index contributed by atoms with van der Waals surface area (Å²) in [7, 11) is -3.88. The minimum Gasteiger partial charge on any atom is -0.368 e. The number of benzene rings is 1. The number of nitrogens with one attached hydrogen (secondary N) is 1.